The molecule has 30 heavy (non-hydrogen) atoms. The molecule has 0 heterocycles. The van der Waals surface area contributed by atoms with Crippen molar-refractivity contribution in [3.8, 4) is 17.2 Å². The molecule has 6 nitrogen and oxygen atoms in total. The van der Waals surface area contributed by atoms with Gasteiger partial charge in [-0.15, -0.1) is 24.3 Å². The van der Waals surface area contributed by atoms with Crippen LogP contribution < -0.4 is 66.6 Å². The first kappa shape index (κ1) is 29.0. The van der Waals surface area contributed by atoms with Crippen LogP contribution in [0.2, 0.25) is 0 Å². The molecule has 0 aliphatic heterocycles. The summed E-state index contributed by atoms with van der Waals surface area (Å²) in [6.45, 7) is 5.99. The normalized spacial score (nSPS) is 10.4. The number of alkyl halides is 1. The van der Waals surface area contributed by atoms with Crippen molar-refractivity contribution in [3.05, 3.63) is 46.5 Å². The summed E-state index contributed by atoms with van der Waals surface area (Å²) in [6, 6.07) is 5.71. The molecule has 0 aliphatic rings. The second-order valence-corrected chi connectivity index (χ2v) is 6.05. The number of halogens is 2. The van der Waals surface area contributed by atoms with Gasteiger partial charge in [0.05, 0.1) is 13.7 Å². The Morgan fingerprint density at radius 2 is 1.93 bits per heavy atom. The van der Waals surface area contributed by atoms with Crippen LogP contribution in [0.25, 0.3) is 5.32 Å². The number of amidine groups is 1. The number of phenolic OH excluding ortho intramolecular Hbond substituents is 1. The molecule has 0 atom stereocenters. The topological polar surface area (TPSA) is 91.2 Å². The molecule has 0 fully saturated rings. The number of methoxy groups -OCH3 is 1. The zero-order valence-corrected chi connectivity index (χ0v) is 22.3. The Hall–Kier alpha value is -1.03. The maximum Gasteiger partial charge on any atom is 1.00 e. The van der Waals surface area contributed by atoms with Crippen molar-refractivity contribution in [1.29, 1.82) is 0 Å². The molecule has 0 amide bonds. The number of hydrogen-bond donors (Lipinski definition) is 2. The third-order valence-corrected chi connectivity index (χ3v) is 4.19. The van der Waals surface area contributed by atoms with Crippen molar-refractivity contribution in [3.63, 3.8) is 0 Å². The van der Waals surface area contributed by atoms with Crippen LogP contribution in [0.4, 0.5) is 15.8 Å². The number of ether oxygens (including phenoxy) is 2. The van der Waals surface area contributed by atoms with Crippen molar-refractivity contribution in [2.45, 2.75) is 27.2 Å². The average molecular weight is 464 g/mol. The molecule has 2 aromatic carbocycles. The molecule has 3 N–H and O–H groups in total. The molecule has 0 spiro atoms. The van der Waals surface area contributed by atoms with E-state index >= 15 is 0 Å². The van der Waals surface area contributed by atoms with E-state index in [2.05, 4.69) is 10.3 Å². The smallest absolute Gasteiger partial charge is 0.686 e. The summed E-state index contributed by atoms with van der Waals surface area (Å²) in [4.78, 5) is 4.16. The fourth-order valence-corrected chi connectivity index (χ4v) is 2.53. The van der Waals surface area contributed by atoms with Crippen molar-refractivity contribution < 1.29 is 70.4 Å². The van der Waals surface area contributed by atoms with Crippen LogP contribution in [0.5, 0.6) is 17.2 Å². The van der Waals surface area contributed by atoms with E-state index < -0.39 is 5.82 Å². The van der Waals surface area contributed by atoms with Gasteiger partial charge in [-0.1, -0.05) is 13.8 Å². The molecule has 0 aliphatic carbocycles. The summed E-state index contributed by atoms with van der Waals surface area (Å²) in [5.74, 6) is 0.812. The first-order valence-corrected chi connectivity index (χ1v) is 9.79. The fourth-order valence-electron chi connectivity index (χ4n) is 2.42. The van der Waals surface area contributed by atoms with Gasteiger partial charge >= 0.3 is 51.4 Å². The molecule has 0 radical (unpaired) electrons. The van der Waals surface area contributed by atoms with Crippen LogP contribution >= 0.6 is 11.6 Å². The molecule has 0 saturated heterocycles. The van der Waals surface area contributed by atoms with Crippen LogP contribution in [-0.4, -0.2) is 37.6 Å². The van der Waals surface area contributed by atoms with E-state index in [-0.39, 0.29) is 68.7 Å². The van der Waals surface area contributed by atoms with E-state index in [1.807, 2.05) is 13.8 Å². The summed E-state index contributed by atoms with van der Waals surface area (Å²) >= 11 is 5.67. The zero-order valence-electron chi connectivity index (χ0n) is 18.4. The first-order chi connectivity index (χ1) is 13.9. The van der Waals surface area contributed by atoms with E-state index in [4.69, 9.17) is 26.8 Å². The molecule has 2 rings (SSSR count). The van der Waals surface area contributed by atoms with E-state index in [0.717, 1.165) is 6.07 Å². The number of nitrogens with two attached hydrogens (primary N) is 1. The number of nitrogens with zero attached hydrogens (tertiary/aromatic N) is 2. The number of hydrogen-bond acceptors (Lipinski definition) is 4. The number of rotatable bonds is 8. The van der Waals surface area contributed by atoms with Gasteiger partial charge in [-0.05, 0) is 37.6 Å². The average Bonchev–Trinajstić information content (AvgIpc) is 2.74. The third-order valence-electron chi connectivity index (χ3n) is 3.92. The van der Waals surface area contributed by atoms with Gasteiger partial charge in [0.25, 0.3) is 0 Å². The van der Waals surface area contributed by atoms with Gasteiger partial charge in [0.2, 0.25) is 0 Å². The van der Waals surface area contributed by atoms with Crippen molar-refractivity contribution in [1.82, 2.24) is 0 Å². The number of phenols is 1. The Bertz CT molecular complexity index is 851. The zero-order chi connectivity index (χ0) is 22.0. The molecule has 2 aromatic rings. The quantitative estimate of drug-likeness (QED) is 0.207. The summed E-state index contributed by atoms with van der Waals surface area (Å²) in [7, 11) is 3.10. The minimum atomic E-state index is -0.587. The Morgan fingerprint density at radius 3 is 2.50 bits per heavy atom. The predicted octanol–water partition coefficient (Wildman–Crippen LogP) is 2.56. The molecular weight excluding hydrogens is 436 g/mol. The monoisotopic (exact) mass is 463 g/mol. The Morgan fingerprint density at radius 1 is 1.27 bits per heavy atom. The predicted molar refractivity (Wildman–Crippen MR) is 117 cm³/mol. The SMILES string of the molecule is CC.C[N-]c1cc(OCCCCl)c(OC)cc1C(N)=Nc1c(F)ccc(O)c1C.[K+]. The second-order valence-electron chi connectivity index (χ2n) is 5.67. The van der Waals surface area contributed by atoms with Crippen LogP contribution in [0, 0.1) is 12.7 Å². The standard InChI is InChI=1S/C19H22ClFN3O3.C2H6.K/c1-11-15(25)6-5-13(21)18(11)24-19(22)12-9-16(26-3)17(10-14(12)23-2)27-8-4-7-20;1-2;/h5-6,9-10H,4,7-8H2,1-3H3,(H3-,22,23,24,25);1-2H3;/q-1;;+1. The van der Waals surface area contributed by atoms with Crippen molar-refractivity contribution in [2.75, 3.05) is 26.6 Å². The van der Waals surface area contributed by atoms with Gasteiger partial charge in [-0.3, -0.25) is 0 Å². The largest absolute Gasteiger partial charge is 1.00 e. The van der Waals surface area contributed by atoms with Gasteiger partial charge in [-0.2, -0.15) is 0 Å². The van der Waals surface area contributed by atoms with Crippen LogP contribution in [0.15, 0.2) is 29.3 Å². The van der Waals surface area contributed by atoms with Crippen LogP contribution in [-0.2, 0) is 0 Å². The van der Waals surface area contributed by atoms with E-state index in [1.165, 1.54) is 13.2 Å². The third kappa shape index (κ3) is 7.58. The van der Waals surface area contributed by atoms with Crippen LogP contribution in [0.3, 0.4) is 0 Å². The van der Waals surface area contributed by atoms with Gasteiger partial charge in [0, 0.05) is 17.0 Å². The van der Waals surface area contributed by atoms with Crippen molar-refractivity contribution >= 4 is 28.8 Å². The van der Waals surface area contributed by atoms with Gasteiger partial charge in [0.15, 0.2) is 11.5 Å². The summed E-state index contributed by atoms with van der Waals surface area (Å²) < 4.78 is 25.2. The maximum absolute atomic E-state index is 14.1. The second kappa shape index (κ2) is 14.9. The Balaban J connectivity index is 0.00000272. The Labute approximate surface area is 225 Å². The first-order valence-electron chi connectivity index (χ1n) is 9.26. The van der Waals surface area contributed by atoms with Crippen LogP contribution in [0.1, 0.15) is 31.4 Å². The molecule has 0 saturated carbocycles. The maximum atomic E-state index is 14.1. The minimum Gasteiger partial charge on any atom is -0.686 e. The van der Waals surface area contributed by atoms with Crippen molar-refractivity contribution in [2.24, 2.45) is 10.7 Å². The number of benzene rings is 2. The van der Waals surface area contributed by atoms with E-state index in [1.54, 1.807) is 26.1 Å². The van der Waals surface area contributed by atoms with Gasteiger partial charge in [0.1, 0.15) is 23.1 Å². The van der Waals surface area contributed by atoms with E-state index in [9.17, 15) is 9.50 Å². The molecule has 0 bridgehead atoms. The van der Waals surface area contributed by atoms with Gasteiger partial charge in [-0.25, -0.2) is 9.38 Å². The van der Waals surface area contributed by atoms with E-state index in [0.29, 0.717) is 47.2 Å². The molecule has 9 heteroatoms. The number of aliphatic imine (C=N–C) groups is 1. The summed E-state index contributed by atoms with van der Waals surface area (Å²) in [5.41, 5.74) is 7.35. The molecule has 160 valence electrons. The number of aromatic hydroxyl groups is 1. The molecular formula is C21H28ClFKN3O3. The minimum absolute atomic E-state index is 0. The summed E-state index contributed by atoms with van der Waals surface area (Å²) in [5, 5.41) is 14.0. The molecule has 0 unspecified atom stereocenters. The summed E-state index contributed by atoms with van der Waals surface area (Å²) in [6.07, 6.45) is 0.685. The Kier molecular flexibility index (Phi) is 14.4. The molecule has 0 aromatic heterocycles. The van der Waals surface area contributed by atoms with Gasteiger partial charge < -0.3 is 25.6 Å². The fraction of sp³-hybridized carbons (Fsp3) is 0.381.